The maximum Gasteiger partial charge on any atom is 0.239 e. The van der Waals surface area contributed by atoms with Gasteiger partial charge in [0.15, 0.2) is 0 Å². The summed E-state index contributed by atoms with van der Waals surface area (Å²) in [7, 11) is 0. The van der Waals surface area contributed by atoms with E-state index in [0.717, 1.165) is 11.7 Å². The predicted molar refractivity (Wildman–Crippen MR) is 79.4 cm³/mol. The van der Waals surface area contributed by atoms with Gasteiger partial charge in [-0.15, -0.1) is 0 Å². The molecule has 1 aromatic heterocycles. The largest absolute Gasteiger partial charge is 0.476 e. The molecule has 1 aliphatic rings. The van der Waals surface area contributed by atoms with E-state index in [4.69, 9.17) is 10.5 Å². The van der Waals surface area contributed by atoms with Crippen molar-refractivity contribution in [3.8, 4) is 5.88 Å². The van der Waals surface area contributed by atoms with E-state index >= 15 is 0 Å². The van der Waals surface area contributed by atoms with Crippen LogP contribution in [0.2, 0.25) is 0 Å². The lowest BCUT2D eigenvalue weighted by Gasteiger charge is -2.35. The second-order valence-corrected chi connectivity index (χ2v) is 5.54. The molecule has 1 heterocycles. The zero-order chi connectivity index (χ0) is 13.8. The molecule has 2 rings (SSSR count). The Bertz CT molecular complexity index is 422. The topological polar surface area (TPSA) is 60.2 Å². The number of aromatic nitrogens is 1. The van der Waals surface area contributed by atoms with Crippen molar-refractivity contribution < 1.29 is 4.74 Å². The van der Waals surface area contributed by atoms with Crippen LogP contribution >= 0.6 is 0 Å². The molecule has 3 N–H and O–H groups in total. The highest BCUT2D eigenvalue weighted by molar-refractivity contribution is 5.53. The molecule has 19 heavy (non-hydrogen) atoms. The van der Waals surface area contributed by atoms with Gasteiger partial charge in [0.2, 0.25) is 5.88 Å². The highest BCUT2D eigenvalue weighted by Gasteiger charge is 2.27. The summed E-state index contributed by atoms with van der Waals surface area (Å²) in [5.74, 6) is 2.84. The Hall–Kier alpha value is -1.45. The minimum absolute atomic E-state index is 0.495. The van der Waals surface area contributed by atoms with E-state index in [1.165, 1.54) is 19.3 Å². The summed E-state index contributed by atoms with van der Waals surface area (Å²) in [6, 6.07) is 4.29. The fourth-order valence-corrected chi connectivity index (χ4v) is 2.76. The summed E-state index contributed by atoms with van der Waals surface area (Å²) in [5.41, 5.74) is 6.44. The van der Waals surface area contributed by atoms with Crippen molar-refractivity contribution in [2.24, 2.45) is 11.8 Å². The van der Waals surface area contributed by atoms with Gasteiger partial charge in [-0.05, 0) is 37.3 Å². The SMILES string of the molecule is CCOc1nc(NC2CCCC(C)C2C)ccc1N. The normalized spacial score (nSPS) is 27.0. The third-order valence-corrected chi connectivity index (χ3v) is 4.21. The number of rotatable bonds is 4. The number of anilines is 2. The molecule has 0 saturated heterocycles. The zero-order valence-electron chi connectivity index (χ0n) is 12.1. The Morgan fingerprint density at radius 1 is 1.37 bits per heavy atom. The lowest BCUT2D eigenvalue weighted by molar-refractivity contribution is 0.252. The lowest BCUT2D eigenvalue weighted by Crippen LogP contribution is -2.35. The van der Waals surface area contributed by atoms with Gasteiger partial charge in [-0.25, -0.2) is 0 Å². The summed E-state index contributed by atoms with van der Waals surface area (Å²) in [6.45, 7) is 7.17. The maximum absolute atomic E-state index is 5.84. The number of nitrogens with zero attached hydrogens (tertiary/aromatic N) is 1. The van der Waals surface area contributed by atoms with Gasteiger partial charge in [0, 0.05) is 6.04 Å². The van der Waals surface area contributed by atoms with Crippen molar-refractivity contribution in [1.82, 2.24) is 4.98 Å². The van der Waals surface area contributed by atoms with Crippen LogP contribution in [-0.4, -0.2) is 17.6 Å². The van der Waals surface area contributed by atoms with Crippen molar-refractivity contribution >= 4 is 11.5 Å². The van der Waals surface area contributed by atoms with E-state index in [1.54, 1.807) is 0 Å². The van der Waals surface area contributed by atoms with Crippen LogP contribution in [0.4, 0.5) is 11.5 Å². The standard InChI is InChI=1S/C15H25N3O/c1-4-19-15-12(16)8-9-14(18-15)17-13-7-5-6-10(2)11(13)3/h8-11,13H,4-7,16H2,1-3H3,(H,17,18). The molecule has 1 aliphatic carbocycles. The fourth-order valence-electron chi connectivity index (χ4n) is 2.76. The van der Waals surface area contributed by atoms with Crippen molar-refractivity contribution in [2.45, 2.75) is 46.1 Å². The van der Waals surface area contributed by atoms with Crippen molar-refractivity contribution in [3.05, 3.63) is 12.1 Å². The number of nitrogens with two attached hydrogens (primary N) is 1. The number of hydrogen-bond acceptors (Lipinski definition) is 4. The highest BCUT2D eigenvalue weighted by atomic mass is 16.5. The second kappa shape index (κ2) is 6.13. The first-order valence-corrected chi connectivity index (χ1v) is 7.27. The molecule has 0 aromatic carbocycles. The summed E-state index contributed by atoms with van der Waals surface area (Å²) in [5, 5.41) is 3.54. The summed E-state index contributed by atoms with van der Waals surface area (Å²) < 4.78 is 5.44. The van der Waals surface area contributed by atoms with Gasteiger partial charge in [0.25, 0.3) is 0 Å². The Morgan fingerprint density at radius 2 is 2.16 bits per heavy atom. The first-order chi connectivity index (χ1) is 9.11. The quantitative estimate of drug-likeness (QED) is 0.875. The van der Waals surface area contributed by atoms with E-state index in [1.807, 2.05) is 19.1 Å². The third kappa shape index (κ3) is 3.31. The van der Waals surface area contributed by atoms with E-state index in [-0.39, 0.29) is 0 Å². The Morgan fingerprint density at radius 3 is 2.89 bits per heavy atom. The van der Waals surface area contributed by atoms with Crippen LogP contribution in [0.25, 0.3) is 0 Å². The molecule has 3 unspecified atom stereocenters. The summed E-state index contributed by atoms with van der Waals surface area (Å²) in [6.07, 6.45) is 3.83. The van der Waals surface area contributed by atoms with Gasteiger partial charge in [-0.3, -0.25) is 0 Å². The van der Waals surface area contributed by atoms with Crippen LogP contribution in [0, 0.1) is 11.8 Å². The number of pyridine rings is 1. The average Bonchev–Trinajstić information content (AvgIpc) is 2.39. The molecular formula is C15H25N3O. The minimum atomic E-state index is 0.495. The van der Waals surface area contributed by atoms with Gasteiger partial charge in [-0.1, -0.05) is 26.7 Å². The minimum Gasteiger partial charge on any atom is -0.476 e. The molecule has 0 radical (unpaired) electrons. The monoisotopic (exact) mass is 263 g/mol. The number of hydrogen-bond donors (Lipinski definition) is 2. The van der Waals surface area contributed by atoms with E-state index in [0.29, 0.717) is 30.1 Å². The van der Waals surface area contributed by atoms with Crippen LogP contribution in [0.15, 0.2) is 12.1 Å². The Kier molecular flexibility index (Phi) is 4.51. The first-order valence-electron chi connectivity index (χ1n) is 7.27. The molecule has 3 atom stereocenters. The van der Waals surface area contributed by atoms with Gasteiger partial charge in [0.05, 0.1) is 12.3 Å². The Labute approximate surface area is 115 Å². The highest BCUT2D eigenvalue weighted by Crippen LogP contribution is 2.32. The summed E-state index contributed by atoms with van der Waals surface area (Å²) in [4.78, 5) is 4.46. The van der Waals surface area contributed by atoms with Crippen LogP contribution < -0.4 is 15.8 Å². The smallest absolute Gasteiger partial charge is 0.239 e. The zero-order valence-corrected chi connectivity index (χ0v) is 12.1. The van der Waals surface area contributed by atoms with E-state index in [9.17, 15) is 0 Å². The molecular weight excluding hydrogens is 238 g/mol. The van der Waals surface area contributed by atoms with Gasteiger partial charge in [0.1, 0.15) is 5.82 Å². The number of nitrogen functional groups attached to an aromatic ring is 1. The summed E-state index contributed by atoms with van der Waals surface area (Å²) >= 11 is 0. The van der Waals surface area contributed by atoms with Crippen molar-refractivity contribution in [3.63, 3.8) is 0 Å². The molecule has 0 amide bonds. The molecule has 0 bridgehead atoms. The average molecular weight is 263 g/mol. The second-order valence-electron chi connectivity index (χ2n) is 5.54. The first kappa shape index (κ1) is 14.0. The maximum atomic E-state index is 5.84. The fraction of sp³-hybridized carbons (Fsp3) is 0.667. The van der Waals surface area contributed by atoms with Gasteiger partial charge >= 0.3 is 0 Å². The van der Waals surface area contributed by atoms with Crippen LogP contribution in [0.3, 0.4) is 0 Å². The lowest BCUT2D eigenvalue weighted by atomic mass is 9.78. The molecule has 1 aromatic rings. The molecule has 106 valence electrons. The molecule has 4 heteroatoms. The number of ether oxygens (including phenoxy) is 1. The molecule has 0 spiro atoms. The Balaban J connectivity index is 2.08. The molecule has 1 fully saturated rings. The van der Waals surface area contributed by atoms with Crippen molar-refractivity contribution in [2.75, 3.05) is 17.7 Å². The van der Waals surface area contributed by atoms with Crippen LogP contribution in [-0.2, 0) is 0 Å². The van der Waals surface area contributed by atoms with Crippen LogP contribution in [0.5, 0.6) is 5.88 Å². The molecule has 0 aliphatic heterocycles. The van der Waals surface area contributed by atoms with Gasteiger partial charge in [-0.2, -0.15) is 4.98 Å². The van der Waals surface area contributed by atoms with E-state index < -0.39 is 0 Å². The molecule has 1 saturated carbocycles. The van der Waals surface area contributed by atoms with E-state index in [2.05, 4.69) is 24.1 Å². The van der Waals surface area contributed by atoms with Gasteiger partial charge < -0.3 is 15.8 Å². The number of nitrogens with one attached hydrogen (secondary N) is 1. The molecule has 4 nitrogen and oxygen atoms in total. The van der Waals surface area contributed by atoms with Crippen molar-refractivity contribution in [1.29, 1.82) is 0 Å². The van der Waals surface area contributed by atoms with Crippen LogP contribution in [0.1, 0.15) is 40.0 Å². The predicted octanol–water partition coefficient (Wildman–Crippen LogP) is 3.30. The third-order valence-electron chi connectivity index (χ3n) is 4.21.